The second-order valence-electron chi connectivity index (χ2n) is 3.24. The molecule has 0 unspecified atom stereocenters. The van der Waals surface area contributed by atoms with E-state index in [0.29, 0.717) is 0 Å². The van der Waals surface area contributed by atoms with Gasteiger partial charge in [-0.05, 0) is 12.8 Å². The molecule has 0 saturated heterocycles. The average Bonchev–Trinajstić information content (AvgIpc) is 2.56. The fraction of sp³-hybridized carbons (Fsp3) is 0.200. The van der Waals surface area contributed by atoms with Crippen LogP contribution in [0.4, 0.5) is 0 Å². The van der Waals surface area contributed by atoms with Crippen molar-refractivity contribution in [2.45, 2.75) is 12.8 Å². The zero-order valence-electron chi connectivity index (χ0n) is 7.12. The monoisotopic (exact) mass is 171 g/mol. The number of fused-ring (bicyclic) bond motifs is 3. The summed E-state index contributed by atoms with van der Waals surface area (Å²) in [5.41, 5.74) is 3.51. The van der Waals surface area contributed by atoms with Crippen molar-refractivity contribution in [3.8, 4) is 0 Å². The fourth-order valence-corrected chi connectivity index (χ4v) is 1.82. The van der Waals surface area contributed by atoms with Gasteiger partial charge in [0.1, 0.15) is 12.0 Å². The molecule has 0 atom stereocenters. The SMILES string of the molecule is C1=Cc2c([nH]c3ncncc23)CC1. The van der Waals surface area contributed by atoms with Crippen LogP contribution in [-0.2, 0) is 6.42 Å². The van der Waals surface area contributed by atoms with Crippen molar-refractivity contribution in [2.75, 3.05) is 0 Å². The molecule has 3 rings (SSSR count). The van der Waals surface area contributed by atoms with Crippen molar-refractivity contribution < 1.29 is 0 Å². The Kier molecular flexibility index (Phi) is 1.27. The van der Waals surface area contributed by atoms with E-state index in [2.05, 4.69) is 27.1 Å². The Morgan fingerprint density at radius 1 is 1.38 bits per heavy atom. The van der Waals surface area contributed by atoms with Crippen LogP contribution in [-0.4, -0.2) is 15.0 Å². The minimum Gasteiger partial charge on any atom is -0.343 e. The number of aromatic amines is 1. The van der Waals surface area contributed by atoms with E-state index in [0.717, 1.165) is 23.9 Å². The summed E-state index contributed by atoms with van der Waals surface area (Å²) in [6.07, 6.45) is 10.0. The maximum atomic E-state index is 4.19. The third kappa shape index (κ3) is 0.900. The van der Waals surface area contributed by atoms with E-state index >= 15 is 0 Å². The molecule has 0 fully saturated rings. The largest absolute Gasteiger partial charge is 0.343 e. The second-order valence-corrected chi connectivity index (χ2v) is 3.24. The van der Waals surface area contributed by atoms with Crippen molar-refractivity contribution in [3.63, 3.8) is 0 Å². The molecule has 0 radical (unpaired) electrons. The molecule has 13 heavy (non-hydrogen) atoms. The number of nitrogens with one attached hydrogen (secondary N) is 1. The first-order valence-corrected chi connectivity index (χ1v) is 4.42. The Morgan fingerprint density at radius 2 is 2.38 bits per heavy atom. The van der Waals surface area contributed by atoms with E-state index in [4.69, 9.17) is 0 Å². The molecular weight excluding hydrogens is 162 g/mol. The predicted molar refractivity (Wildman–Crippen MR) is 51.2 cm³/mol. The van der Waals surface area contributed by atoms with Crippen molar-refractivity contribution in [3.05, 3.63) is 29.9 Å². The number of aromatic nitrogens is 3. The highest BCUT2D eigenvalue weighted by Crippen LogP contribution is 2.25. The highest BCUT2D eigenvalue weighted by Gasteiger charge is 2.11. The van der Waals surface area contributed by atoms with Crippen LogP contribution in [0.25, 0.3) is 17.1 Å². The lowest BCUT2D eigenvalue weighted by atomic mass is 10.0. The van der Waals surface area contributed by atoms with E-state index in [1.54, 1.807) is 6.33 Å². The van der Waals surface area contributed by atoms with Gasteiger partial charge in [-0.15, -0.1) is 0 Å². The molecule has 64 valence electrons. The van der Waals surface area contributed by atoms with Crippen LogP contribution >= 0.6 is 0 Å². The Bertz CT molecular complexity index is 482. The number of allylic oxidation sites excluding steroid dienone is 1. The molecule has 0 aliphatic heterocycles. The first-order chi connectivity index (χ1) is 6.45. The summed E-state index contributed by atoms with van der Waals surface area (Å²) < 4.78 is 0. The van der Waals surface area contributed by atoms with Crippen molar-refractivity contribution in [1.29, 1.82) is 0 Å². The lowest BCUT2D eigenvalue weighted by molar-refractivity contribution is 0.948. The molecule has 0 saturated carbocycles. The van der Waals surface area contributed by atoms with Crippen molar-refractivity contribution in [1.82, 2.24) is 15.0 Å². The maximum Gasteiger partial charge on any atom is 0.141 e. The van der Waals surface area contributed by atoms with Gasteiger partial charge in [0.2, 0.25) is 0 Å². The minimum absolute atomic E-state index is 0.951. The van der Waals surface area contributed by atoms with Crippen LogP contribution in [0.15, 0.2) is 18.6 Å². The first-order valence-electron chi connectivity index (χ1n) is 4.42. The highest BCUT2D eigenvalue weighted by atomic mass is 14.9. The third-order valence-corrected chi connectivity index (χ3v) is 2.44. The van der Waals surface area contributed by atoms with Gasteiger partial charge >= 0.3 is 0 Å². The van der Waals surface area contributed by atoms with E-state index in [1.165, 1.54) is 11.3 Å². The van der Waals surface area contributed by atoms with Gasteiger partial charge in [-0.2, -0.15) is 0 Å². The summed E-state index contributed by atoms with van der Waals surface area (Å²) in [4.78, 5) is 11.5. The van der Waals surface area contributed by atoms with Crippen LogP contribution < -0.4 is 0 Å². The molecule has 1 aliphatic carbocycles. The smallest absolute Gasteiger partial charge is 0.141 e. The van der Waals surface area contributed by atoms with Gasteiger partial charge in [0.05, 0.1) is 0 Å². The maximum absolute atomic E-state index is 4.19. The summed E-state index contributed by atoms with van der Waals surface area (Å²) in [5, 5.41) is 1.13. The van der Waals surface area contributed by atoms with E-state index in [-0.39, 0.29) is 0 Å². The number of rotatable bonds is 0. The Labute approximate surface area is 75.5 Å². The summed E-state index contributed by atoms with van der Waals surface area (Å²) in [6, 6.07) is 0. The van der Waals surface area contributed by atoms with E-state index < -0.39 is 0 Å². The number of nitrogens with zero attached hydrogens (tertiary/aromatic N) is 2. The number of hydrogen-bond donors (Lipinski definition) is 1. The summed E-state index contributed by atoms with van der Waals surface area (Å²) in [7, 11) is 0. The average molecular weight is 171 g/mol. The molecule has 0 bridgehead atoms. The zero-order valence-corrected chi connectivity index (χ0v) is 7.12. The standard InChI is InChI=1S/C10H9N3/c1-2-4-9-7(3-1)8-5-11-6-12-10(8)13-9/h1,3,5-6H,2,4H2,(H,11,12,13). The zero-order chi connectivity index (χ0) is 8.67. The van der Waals surface area contributed by atoms with Gasteiger partial charge in [0.15, 0.2) is 0 Å². The predicted octanol–water partition coefficient (Wildman–Crippen LogP) is 1.92. The highest BCUT2D eigenvalue weighted by molar-refractivity contribution is 5.87. The lowest BCUT2D eigenvalue weighted by Crippen LogP contribution is -1.90. The van der Waals surface area contributed by atoms with Gasteiger partial charge in [-0.1, -0.05) is 12.2 Å². The molecule has 2 heterocycles. The summed E-state index contributed by atoms with van der Waals surface area (Å²) in [6.45, 7) is 0. The molecule has 2 aromatic rings. The molecular formula is C10H9N3. The van der Waals surface area contributed by atoms with Crippen LogP contribution in [0.2, 0.25) is 0 Å². The Balaban J connectivity index is 2.42. The van der Waals surface area contributed by atoms with Gasteiger partial charge < -0.3 is 4.98 Å². The van der Waals surface area contributed by atoms with Gasteiger partial charge in [0, 0.05) is 22.8 Å². The first kappa shape index (κ1) is 6.83. The minimum atomic E-state index is 0.951. The molecule has 3 nitrogen and oxygen atoms in total. The van der Waals surface area contributed by atoms with Crippen molar-refractivity contribution >= 4 is 17.1 Å². The molecule has 0 aromatic carbocycles. The topological polar surface area (TPSA) is 41.6 Å². The van der Waals surface area contributed by atoms with Crippen LogP contribution in [0.5, 0.6) is 0 Å². The van der Waals surface area contributed by atoms with Gasteiger partial charge in [-0.25, -0.2) is 9.97 Å². The Hall–Kier alpha value is -1.64. The molecule has 2 aromatic heterocycles. The van der Waals surface area contributed by atoms with E-state index in [1.807, 2.05) is 6.20 Å². The molecule has 3 heteroatoms. The van der Waals surface area contributed by atoms with Gasteiger partial charge in [-0.3, -0.25) is 0 Å². The van der Waals surface area contributed by atoms with Crippen LogP contribution in [0, 0.1) is 0 Å². The normalized spacial score (nSPS) is 14.8. The van der Waals surface area contributed by atoms with E-state index in [9.17, 15) is 0 Å². The second kappa shape index (κ2) is 2.42. The molecule has 1 N–H and O–H groups in total. The summed E-state index contributed by atoms with van der Waals surface area (Å²) >= 11 is 0. The Morgan fingerprint density at radius 3 is 3.38 bits per heavy atom. The van der Waals surface area contributed by atoms with Crippen molar-refractivity contribution in [2.24, 2.45) is 0 Å². The third-order valence-electron chi connectivity index (χ3n) is 2.44. The lowest BCUT2D eigenvalue weighted by Gasteiger charge is -2.02. The summed E-state index contributed by atoms with van der Waals surface area (Å²) in [5.74, 6) is 0. The number of aryl methyl sites for hydroxylation is 1. The quantitative estimate of drug-likeness (QED) is 0.657. The number of hydrogen-bond acceptors (Lipinski definition) is 2. The molecule has 0 amide bonds. The molecule has 1 aliphatic rings. The van der Waals surface area contributed by atoms with Gasteiger partial charge in [0.25, 0.3) is 0 Å². The number of H-pyrrole nitrogens is 1. The fourth-order valence-electron chi connectivity index (χ4n) is 1.82. The van der Waals surface area contributed by atoms with Crippen LogP contribution in [0.3, 0.4) is 0 Å². The molecule has 0 spiro atoms. The van der Waals surface area contributed by atoms with Crippen LogP contribution in [0.1, 0.15) is 17.7 Å².